The van der Waals surface area contributed by atoms with Crippen molar-refractivity contribution < 1.29 is 30.0 Å². The third-order valence-electron chi connectivity index (χ3n) is 4.47. The van der Waals surface area contributed by atoms with Crippen molar-refractivity contribution in [2.45, 2.75) is 31.8 Å². The van der Waals surface area contributed by atoms with Crippen LogP contribution in [0.3, 0.4) is 0 Å². The van der Waals surface area contributed by atoms with Crippen LogP contribution >= 0.6 is 0 Å². The molecule has 28 heavy (non-hydrogen) atoms. The Kier molecular flexibility index (Phi) is 6.73. The summed E-state index contributed by atoms with van der Waals surface area (Å²) in [6.45, 7) is 0.650. The number of fused-ring (bicyclic) bond motifs is 1. The highest BCUT2D eigenvalue weighted by molar-refractivity contribution is 5.90. The summed E-state index contributed by atoms with van der Waals surface area (Å²) in [6.07, 6.45) is -4.86. The van der Waals surface area contributed by atoms with Crippen molar-refractivity contribution in [2.75, 3.05) is 32.7 Å². The highest BCUT2D eigenvalue weighted by atomic mass is 16.5. The summed E-state index contributed by atoms with van der Waals surface area (Å²) in [7, 11) is 4.76. The Morgan fingerprint density at radius 1 is 1.25 bits per heavy atom. The third kappa shape index (κ3) is 4.14. The number of rotatable bonds is 7. The highest BCUT2D eigenvalue weighted by Crippen LogP contribution is 2.24. The van der Waals surface area contributed by atoms with E-state index in [0.717, 1.165) is 22.9 Å². The predicted molar refractivity (Wildman–Crippen MR) is 102 cm³/mol. The van der Waals surface area contributed by atoms with Crippen LogP contribution in [0.1, 0.15) is 16.1 Å². The van der Waals surface area contributed by atoms with Crippen molar-refractivity contribution in [2.24, 2.45) is 0 Å². The maximum Gasteiger partial charge on any atom is 0.362 e. The molecule has 0 saturated heterocycles. The molecule has 10 heteroatoms. The summed E-state index contributed by atoms with van der Waals surface area (Å²) in [6, 6.07) is 3.38. The maximum atomic E-state index is 12.8. The number of carbonyl (C=O) groups excluding carboxylic acids is 1. The van der Waals surface area contributed by atoms with Gasteiger partial charge in [0.2, 0.25) is 5.69 Å². The van der Waals surface area contributed by atoms with Crippen LogP contribution in [0.15, 0.2) is 16.9 Å². The summed E-state index contributed by atoms with van der Waals surface area (Å²) >= 11 is 0. The normalized spacial score (nSPS) is 14.6. The number of esters is 1. The lowest BCUT2D eigenvalue weighted by molar-refractivity contribution is -0.0805. The molecule has 1 aromatic heterocycles. The molecule has 0 aliphatic carbocycles. The monoisotopic (exact) mass is 395 g/mol. The lowest BCUT2D eigenvalue weighted by atomic mass is 10.1. The van der Waals surface area contributed by atoms with Gasteiger partial charge in [-0.1, -0.05) is 0 Å². The standard InChI is InChI=1S/C18H25N3O7/c1-9-5-10-12(6-11(9)20(2)3)21(7-13(23)16(25)14(24)8-22)17(26)15(19-10)18(27)28-4/h5-6,13-14,16,22-25H,7-8H2,1-4H3/t13-,14+,16-/m0/s1. The number of aryl methyl sites for hydroxylation is 1. The zero-order chi connectivity index (χ0) is 21.2. The first-order chi connectivity index (χ1) is 13.1. The van der Waals surface area contributed by atoms with E-state index in [1.807, 2.05) is 25.9 Å². The van der Waals surface area contributed by atoms with Gasteiger partial charge in [-0.3, -0.25) is 4.79 Å². The Bertz CT molecular complexity index is 926. The minimum atomic E-state index is -1.69. The lowest BCUT2D eigenvalue weighted by Gasteiger charge is -2.24. The van der Waals surface area contributed by atoms with Crippen molar-refractivity contribution in [3.05, 3.63) is 33.7 Å². The van der Waals surface area contributed by atoms with Crippen molar-refractivity contribution >= 4 is 22.7 Å². The Morgan fingerprint density at radius 3 is 2.43 bits per heavy atom. The Balaban J connectivity index is 2.71. The molecule has 2 rings (SSSR count). The molecular weight excluding hydrogens is 370 g/mol. The molecule has 4 N–H and O–H groups in total. The SMILES string of the molecule is COC(=O)c1nc2cc(C)c(N(C)C)cc2n(C[C@H](O)[C@H](O)[C@H](O)CO)c1=O. The van der Waals surface area contributed by atoms with Crippen LogP contribution in [0.4, 0.5) is 5.69 Å². The predicted octanol–water partition coefficient (Wildman–Crippen LogP) is -1.37. The molecule has 2 aromatic rings. The van der Waals surface area contributed by atoms with Crippen LogP contribution in [0, 0.1) is 6.92 Å². The van der Waals surface area contributed by atoms with E-state index in [-0.39, 0.29) is 0 Å². The van der Waals surface area contributed by atoms with Gasteiger partial charge < -0.3 is 34.6 Å². The van der Waals surface area contributed by atoms with Gasteiger partial charge in [0.1, 0.15) is 18.3 Å². The second kappa shape index (κ2) is 8.65. The minimum absolute atomic E-state index is 0.326. The maximum absolute atomic E-state index is 12.8. The first kappa shape index (κ1) is 21.8. The van der Waals surface area contributed by atoms with Crippen LogP contribution in [0.2, 0.25) is 0 Å². The third-order valence-corrected chi connectivity index (χ3v) is 4.47. The van der Waals surface area contributed by atoms with Crippen molar-refractivity contribution in [1.29, 1.82) is 0 Å². The molecule has 0 amide bonds. The molecule has 0 radical (unpaired) electrons. The van der Waals surface area contributed by atoms with Crippen LogP contribution < -0.4 is 10.5 Å². The highest BCUT2D eigenvalue weighted by Gasteiger charge is 2.27. The zero-order valence-corrected chi connectivity index (χ0v) is 16.2. The van der Waals surface area contributed by atoms with Gasteiger partial charge in [-0.15, -0.1) is 0 Å². The van der Waals surface area contributed by atoms with Gasteiger partial charge in [-0.2, -0.15) is 0 Å². The van der Waals surface area contributed by atoms with Crippen LogP contribution in [0.25, 0.3) is 11.0 Å². The summed E-state index contributed by atoms with van der Waals surface area (Å²) < 4.78 is 5.71. The summed E-state index contributed by atoms with van der Waals surface area (Å²) in [5.74, 6) is -0.930. The second-order valence-electron chi connectivity index (χ2n) is 6.70. The van der Waals surface area contributed by atoms with Gasteiger partial charge >= 0.3 is 5.97 Å². The van der Waals surface area contributed by atoms with Crippen molar-refractivity contribution in [3.8, 4) is 0 Å². The molecule has 3 atom stereocenters. The number of aromatic nitrogens is 2. The summed E-state index contributed by atoms with van der Waals surface area (Å²) in [5.41, 5.74) is 1.03. The van der Waals surface area contributed by atoms with Crippen LogP contribution in [-0.4, -0.2) is 82.1 Å². The van der Waals surface area contributed by atoms with E-state index in [2.05, 4.69) is 9.72 Å². The molecule has 10 nitrogen and oxygen atoms in total. The molecule has 1 aromatic carbocycles. The summed E-state index contributed by atoms with van der Waals surface area (Å²) in [4.78, 5) is 30.7. The van der Waals surface area contributed by atoms with E-state index in [9.17, 15) is 24.9 Å². The Hall–Kier alpha value is -2.53. The number of ether oxygens (including phenoxy) is 1. The number of nitrogens with zero attached hydrogens (tertiary/aromatic N) is 3. The van der Waals surface area contributed by atoms with Gasteiger partial charge in [0.05, 0.1) is 31.3 Å². The number of carbonyl (C=O) groups is 1. The van der Waals surface area contributed by atoms with E-state index < -0.39 is 48.7 Å². The minimum Gasteiger partial charge on any atom is -0.464 e. The fourth-order valence-electron chi connectivity index (χ4n) is 2.93. The molecule has 0 bridgehead atoms. The first-order valence-corrected chi connectivity index (χ1v) is 8.58. The topological polar surface area (TPSA) is 145 Å². The molecule has 154 valence electrons. The van der Waals surface area contributed by atoms with E-state index in [1.165, 1.54) is 0 Å². The molecule has 0 unspecified atom stereocenters. The van der Waals surface area contributed by atoms with E-state index in [1.54, 1.807) is 12.1 Å². The number of methoxy groups -OCH3 is 1. The van der Waals surface area contributed by atoms with Gasteiger partial charge in [0.15, 0.2) is 0 Å². The zero-order valence-electron chi connectivity index (χ0n) is 16.2. The van der Waals surface area contributed by atoms with E-state index >= 15 is 0 Å². The largest absolute Gasteiger partial charge is 0.464 e. The molecular formula is C18H25N3O7. The quantitative estimate of drug-likeness (QED) is 0.417. The van der Waals surface area contributed by atoms with Gasteiger partial charge in [0.25, 0.3) is 5.56 Å². The van der Waals surface area contributed by atoms with Crippen LogP contribution in [0.5, 0.6) is 0 Å². The average molecular weight is 395 g/mol. The van der Waals surface area contributed by atoms with Crippen molar-refractivity contribution in [3.63, 3.8) is 0 Å². The van der Waals surface area contributed by atoms with E-state index in [4.69, 9.17) is 5.11 Å². The van der Waals surface area contributed by atoms with Gasteiger partial charge in [-0.05, 0) is 24.6 Å². The average Bonchev–Trinajstić information content (AvgIpc) is 2.67. The molecule has 0 saturated carbocycles. The van der Waals surface area contributed by atoms with Gasteiger partial charge in [-0.25, -0.2) is 9.78 Å². The molecule has 0 fully saturated rings. The fourth-order valence-corrected chi connectivity index (χ4v) is 2.93. The summed E-state index contributed by atoms with van der Waals surface area (Å²) in [5, 5.41) is 38.7. The molecule has 0 aliphatic heterocycles. The van der Waals surface area contributed by atoms with Crippen LogP contribution in [-0.2, 0) is 11.3 Å². The van der Waals surface area contributed by atoms with Gasteiger partial charge in [0, 0.05) is 19.8 Å². The van der Waals surface area contributed by atoms with Crippen molar-refractivity contribution in [1.82, 2.24) is 9.55 Å². The fraction of sp³-hybridized carbons (Fsp3) is 0.500. The Labute approximate surface area is 161 Å². The molecule has 0 aliphatic rings. The molecule has 1 heterocycles. The number of hydrogen-bond donors (Lipinski definition) is 4. The smallest absolute Gasteiger partial charge is 0.362 e. The number of aliphatic hydroxyl groups is 4. The number of hydrogen-bond acceptors (Lipinski definition) is 9. The first-order valence-electron chi connectivity index (χ1n) is 8.58. The van der Waals surface area contributed by atoms with E-state index in [0.29, 0.717) is 11.0 Å². The lowest BCUT2D eigenvalue weighted by Crippen LogP contribution is -2.43. The Morgan fingerprint density at radius 2 is 1.89 bits per heavy atom. The second-order valence-corrected chi connectivity index (χ2v) is 6.70. The number of aliphatic hydroxyl groups excluding tert-OH is 4. The number of anilines is 1. The molecule has 0 spiro atoms. The number of benzene rings is 1.